The Morgan fingerprint density at radius 3 is 2.10 bits per heavy atom. The van der Waals surface area contributed by atoms with Gasteiger partial charge in [-0.2, -0.15) is 0 Å². The van der Waals surface area contributed by atoms with Crippen LogP contribution in [0.15, 0.2) is 0 Å². The fourth-order valence-electron chi connectivity index (χ4n) is 3.42. The second-order valence-corrected chi connectivity index (χ2v) is 6.81. The molecule has 0 spiro atoms. The minimum absolute atomic E-state index is 0.247. The SMILES string of the molecule is CCC(CC)N(CC(C)C)C(=O)C1CCC(CN)CC1. The van der Waals surface area contributed by atoms with Gasteiger partial charge in [0, 0.05) is 18.5 Å². The summed E-state index contributed by atoms with van der Waals surface area (Å²) < 4.78 is 0. The minimum atomic E-state index is 0.247. The number of carbonyl (C=O) groups is 1. The molecule has 0 aromatic heterocycles. The van der Waals surface area contributed by atoms with Crippen molar-refractivity contribution in [2.24, 2.45) is 23.5 Å². The maximum atomic E-state index is 12.9. The van der Waals surface area contributed by atoms with Crippen LogP contribution in [-0.2, 0) is 4.79 Å². The van der Waals surface area contributed by atoms with Crippen molar-refractivity contribution < 1.29 is 4.79 Å². The number of nitrogens with zero attached hydrogens (tertiary/aromatic N) is 1. The predicted molar refractivity (Wildman–Crippen MR) is 85.4 cm³/mol. The second-order valence-electron chi connectivity index (χ2n) is 6.81. The van der Waals surface area contributed by atoms with Gasteiger partial charge in [-0.1, -0.05) is 27.7 Å². The standard InChI is InChI=1S/C17H34N2O/c1-5-16(6-2)19(12-13(3)4)17(20)15-9-7-14(11-18)8-10-15/h13-16H,5-12,18H2,1-4H3. The molecule has 0 radical (unpaired) electrons. The van der Waals surface area contributed by atoms with Crippen LogP contribution in [0.4, 0.5) is 0 Å². The molecule has 1 aliphatic carbocycles. The lowest BCUT2D eigenvalue weighted by Gasteiger charge is -2.37. The van der Waals surface area contributed by atoms with Crippen LogP contribution in [0.3, 0.4) is 0 Å². The highest BCUT2D eigenvalue weighted by Crippen LogP contribution is 2.30. The van der Waals surface area contributed by atoms with Crippen LogP contribution in [0.1, 0.15) is 66.2 Å². The summed E-state index contributed by atoms with van der Waals surface area (Å²) in [4.78, 5) is 15.1. The molecule has 1 rings (SSSR count). The molecule has 0 heterocycles. The van der Waals surface area contributed by atoms with E-state index in [1.165, 1.54) is 0 Å². The Labute approximate surface area is 125 Å². The predicted octanol–water partition coefficient (Wildman–Crippen LogP) is 3.42. The van der Waals surface area contributed by atoms with Crippen molar-refractivity contribution in [2.75, 3.05) is 13.1 Å². The number of nitrogens with two attached hydrogens (primary N) is 1. The first-order chi connectivity index (χ1) is 9.53. The lowest BCUT2D eigenvalue weighted by Crippen LogP contribution is -2.46. The topological polar surface area (TPSA) is 46.3 Å². The van der Waals surface area contributed by atoms with Gasteiger partial charge in [-0.3, -0.25) is 4.79 Å². The third kappa shape index (κ3) is 4.76. The van der Waals surface area contributed by atoms with E-state index in [1.807, 2.05) is 0 Å². The largest absolute Gasteiger partial charge is 0.339 e. The van der Waals surface area contributed by atoms with Crippen LogP contribution in [0, 0.1) is 17.8 Å². The van der Waals surface area contributed by atoms with Crippen molar-refractivity contribution in [1.29, 1.82) is 0 Å². The number of amides is 1. The maximum Gasteiger partial charge on any atom is 0.225 e. The first-order valence-electron chi connectivity index (χ1n) is 8.53. The molecule has 1 aliphatic rings. The molecule has 0 aromatic carbocycles. The molecule has 1 fully saturated rings. The smallest absolute Gasteiger partial charge is 0.225 e. The monoisotopic (exact) mass is 282 g/mol. The van der Waals surface area contributed by atoms with E-state index >= 15 is 0 Å². The van der Waals surface area contributed by atoms with E-state index in [0.717, 1.165) is 51.6 Å². The van der Waals surface area contributed by atoms with Gasteiger partial charge in [-0.25, -0.2) is 0 Å². The van der Waals surface area contributed by atoms with E-state index in [9.17, 15) is 4.79 Å². The average Bonchev–Trinajstić information content (AvgIpc) is 2.46. The summed E-state index contributed by atoms with van der Waals surface area (Å²) in [5, 5.41) is 0. The molecule has 118 valence electrons. The molecule has 0 aliphatic heterocycles. The molecule has 1 amide bonds. The Hall–Kier alpha value is -0.570. The van der Waals surface area contributed by atoms with Gasteiger partial charge in [0.1, 0.15) is 0 Å². The summed E-state index contributed by atoms with van der Waals surface area (Å²) in [5.74, 6) is 1.84. The van der Waals surface area contributed by atoms with Crippen molar-refractivity contribution in [1.82, 2.24) is 4.90 Å². The quantitative estimate of drug-likeness (QED) is 0.777. The zero-order valence-corrected chi connectivity index (χ0v) is 13.9. The van der Waals surface area contributed by atoms with Gasteiger partial charge in [0.2, 0.25) is 5.91 Å². The molecule has 20 heavy (non-hydrogen) atoms. The third-order valence-corrected chi connectivity index (χ3v) is 4.76. The summed E-state index contributed by atoms with van der Waals surface area (Å²) in [5.41, 5.74) is 5.75. The fraction of sp³-hybridized carbons (Fsp3) is 0.941. The van der Waals surface area contributed by atoms with E-state index in [1.54, 1.807) is 0 Å². The molecular weight excluding hydrogens is 248 g/mol. The first kappa shape index (κ1) is 17.5. The zero-order valence-electron chi connectivity index (χ0n) is 13.9. The van der Waals surface area contributed by atoms with Gasteiger partial charge < -0.3 is 10.6 Å². The normalized spacial score (nSPS) is 23.4. The molecule has 1 saturated carbocycles. The van der Waals surface area contributed by atoms with Gasteiger partial charge in [0.05, 0.1) is 0 Å². The van der Waals surface area contributed by atoms with E-state index in [0.29, 0.717) is 23.8 Å². The van der Waals surface area contributed by atoms with Crippen LogP contribution in [0.25, 0.3) is 0 Å². The van der Waals surface area contributed by atoms with Crippen molar-refractivity contribution in [3.8, 4) is 0 Å². The second kappa shape index (κ2) is 8.66. The van der Waals surface area contributed by atoms with E-state index in [4.69, 9.17) is 5.73 Å². The highest BCUT2D eigenvalue weighted by Gasteiger charge is 2.31. The zero-order chi connectivity index (χ0) is 15.1. The molecule has 3 heteroatoms. The van der Waals surface area contributed by atoms with Crippen LogP contribution in [0.5, 0.6) is 0 Å². The molecule has 0 atom stereocenters. The summed E-state index contributed by atoms with van der Waals surface area (Å²) >= 11 is 0. The van der Waals surface area contributed by atoms with Gasteiger partial charge in [-0.05, 0) is 56.9 Å². The number of carbonyl (C=O) groups excluding carboxylic acids is 1. The van der Waals surface area contributed by atoms with Gasteiger partial charge >= 0.3 is 0 Å². The summed E-state index contributed by atoms with van der Waals surface area (Å²) in [7, 11) is 0. The van der Waals surface area contributed by atoms with Gasteiger partial charge in [-0.15, -0.1) is 0 Å². The van der Waals surface area contributed by atoms with Crippen LogP contribution < -0.4 is 5.73 Å². The van der Waals surface area contributed by atoms with Crippen molar-refractivity contribution in [3.05, 3.63) is 0 Å². The molecular formula is C17H34N2O. The Morgan fingerprint density at radius 2 is 1.70 bits per heavy atom. The van der Waals surface area contributed by atoms with Crippen molar-refractivity contribution in [2.45, 2.75) is 72.3 Å². The molecule has 3 nitrogen and oxygen atoms in total. The highest BCUT2D eigenvalue weighted by molar-refractivity contribution is 5.79. The van der Waals surface area contributed by atoms with Crippen LogP contribution >= 0.6 is 0 Å². The Balaban J connectivity index is 2.67. The number of hydrogen-bond acceptors (Lipinski definition) is 2. The molecule has 0 unspecified atom stereocenters. The van der Waals surface area contributed by atoms with E-state index in [-0.39, 0.29) is 5.92 Å². The molecule has 0 saturated heterocycles. The number of hydrogen-bond donors (Lipinski definition) is 1. The molecule has 0 aromatic rings. The van der Waals surface area contributed by atoms with Gasteiger partial charge in [0.15, 0.2) is 0 Å². The highest BCUT2D eigenvalue weighted by atomic mass is 16.2. The number of rotatable bonds is 7. The molecule has 2 N–H and O–H groups in total. The van der Waals surface area contributed by atoms with Crippen LogP contribution in [0.2, 0.25) is 0 Å². The Bertz CT molecular complexity index is 279. The maximum absolute atomic E-state index is 12.9. The molecule has 0 bridgehead atoms. The minimum Gasteiger partial charge on any atom is -0.339 e. The third-order valence-electron chi connectivity index (χ3n) is 4.76. The van der Waals surface area contributed by atoms with E-state index in [2.05, 4.69) is 32.6 Å². The summed E-state index contributed by atoms with van der Waals surface area (Å²) in [6.45, 7) is 10.5. The summed E-state index contributed by atoms with van der Waals surface area (Å²) in [6, 6.07) is 0.414. The Kier molecular flexibility index (Phi) is 7.57. The van der Waals surface area contributed by atoms with Gasteiger partial charge in [0.25, 0.3) is 0 Å². The lowest BCUT2D eigenvalue weighted by atomic mass is 9.81. The summed E-state index contributed by atoms with van der Waals surface area (Å²) in [6.07, 6.45) is 6.46. The van der Waals surface area contributed by atoms with Crippen molar-refractivity contribution >= 4 is 5.91 Å². The lowest BCUT2D eigenvalue weighted by molar-refractivity contribution is -0.140. The first-order valence-corrected chi connectivity index (χ1v) is 8.53. The van der Waals surface area contributed by atoms with Crippen LogP contribution in [-0.4, -0.2) is 29.9 Å². The average molecular weight is 282 g/mol. The Morgan fingerprint density at radius 1 is 1.15 bits per heavy atom. The fourth-order valence-corrected chi connectivity index (χ4v) is 3.42. The van der Waals surface area contributed by atoms with Crippen molar-refractivity contribution in [3.63, 3.8) is 0 Å². The van der Waals surface area contributed by atoms with E-state index < -0.39 is 0 Å².